The molecule has 2 nitrogen and oxygen atoms in total. The van der Waals surface area contributed by atoms with E-state index in [4.69, 9.17) is 0 Å². The van der Waals surface area contributed by atoms with Gasteiger partial charge in [-0.25, -0.2) is 4.39 Å². The molecule has 0 saturated heterocycles. The summed E-state index contributed by atoms with van der Waals surface area (Å²) in [6, 6.07) is 4.61. The van der Waals surface area contributed by atoms with Gasteiger partial charge in [0.05, 0.1) is 6.10 Å². The van der Waals surface area contributed by atoms with Crippen LogP contribution in [0.3, 0.4) is 0 Å². The van der Waals surface area contributed by atoms with Crippen LogP contribution in [0.4, 0.5) is 10.1 Å². The number of aliphatic hydroxyl groups excluding tert-OH is 1. The second-order valence-corrected chi connectivity index (χ2v) is 3.96. The summed E-state index contributed by atoms with van der Waals surface area (Å²) < 4.78 is 13.1. The van der Waals surface area contributed by atoms with Crippen molar-refractivity contribution in [2.75, 3.05) is 18.0 Å². The van der Waals surface area contributed by atoms with E-state index in [1.165, 1.54) is 12.1 Å². The van der Waals surface area contributed by atoms with E-state index >= 15 is 0 Å². The third kappa shape index (κ3) is 2.95. The van der Waals surface area contributed by atoms with Gasteiger partial charge in [-0.15, -0.1) is 0 Å². The lowest BCUT2D eigenvalue weighted by Gasteiger charge is -2.26. The van der Waals surface area contributed by atoms with E-state index in [-0.39, 0.29) is 5.82 Å². The van der Waals surface area contributed by atoms with E-state index in [0.717, 1.165) is 25.2 Å². The maximum atomic E-state index is 13.1. The van der Waals surface area contributed by atoms with Crippen LogP contribution in [0.2, 0.25) is 0 Å². The first kappa shape index (κ1) is 13.0. The summed E-state index contributed by atoms with van der Waals surface area (Å²) in [6.07, 6.45) is 0.390. The second kappa shape index (κ2) is 5.85. The minimum absolute atomic E-state index is 0.299. The number of hydrogen-bond acceptors (Lipinski definition) is 2. The zero-order valence-electron chi connectivity index (χ0n) is 10.2. The van der Waals surface area contributed by atoms with Gasteiger partial charge in [-0.05, 0) is 38.5 Å². The van der Waals surface area contributed by atoms with E-state index in [1.807, 2.05) is 0 Å². The fourth-order valence-electron chi connectivity index (χ4n) is 1.87. The number of aliphatic hydroxyl groups is 1. The van der Waals surface area contributed by atoms with Crippen molar-refractivity contribution in [1.82, 2.24) is 0 Å². The monoisotopic (exact) mass is 225 g/mol. The largest absolute Gasteiger partial charge is 0.389 e. The summed E-state index contributed by atoms with van der Waals surface area (Å²) in [5, 5.41) is 9.65. The smallest absolute Gasteiger partial charge is 0.123 e. The molecule has 1 atom stereocenters. The SMILES string of the molecule is CCCN(CC)c1ccc(F)cc1[C@@H](C)O. The minimum atomic E-state index is -0.642. The Labute approximate surface area is 96.7 Å². The Morgan fingerprint density at radius 2 is 2.06 bits per heavy atom. The third-order valence-electron chi connectivity index (χ3n) is 2.66. The fraction of sp³-hybridized carbons (Fsp3) is 0.538. The average molecular weight is 225 g/mol. The zero-order chi connectivity index (χ0) is 12.1. The molecule has 0 aliphatic rings. The van der Waals surface area contributed by atoms with Gasteiger partial charge in [0.1, 0.15) is 5.82 Å². The quantitative estimate of drug-likeness (QED) is 0.832. The molecule has 0 radical (unpaired) electrons. The van der Waals surface area contributed by atoms with Gasteiger partial charge in [0, 0.05) is 24.3 Å². The third-order valence-corrected chi connectivity index (χ3v) is 2.66. The molecule has 90 valence electrons. The summed E-state index contributed by atoms with van der Waals surface area (Å²) >= 11 is 0. The van der Waals surface area contributed by atoms with Crippen LogP contribution in [0.25, 0.3) is 0 Å². The molecule has 1 aromatic carbocycles. The van der Waals surface area contributed by atoms with Gasteiger partial charge in [0.25, 0.3) is 0 Å². The molecular formula is C13H20FNO. The lowest BCUT2D eigenvalue weighted by molar-refractivity contribution is 0.199. The highest BCUT2D eigenvalue weighted by atomic mass is 19.1. The Morgan fingerprint density at radius 3 is 2.56 bits per heavy atom. The van der Waals surface area contributed by atoms with Crippen molar-refractivity contribution in [3.8, 4) is 0 Å². The Bertz CT molecular complexity index is 339. The number of nitrogens with zero attached hydrogens (tertiary/aromatic N) is 1. The van der Waals surface area contributed by atoms with Gasteiger partial charge in [-0.1, -0.05) is 6.92 Å². The molecule has 0 saturated carbocycles. The van der Waals surface area contributed by atoms with Crippen LogP contribution < -0.4 is 4.90 Å². The van der Waals surface area contributed by atoms with Crippen molar-refractivity contribution in [3.63, 3.8) is 0 Å². The molecule has 0 spiro atoms. The van der Waals surface area contributed by atoms with Crippen LogP contribution in [-0.4, -0.2) is 18.2 Å². The number of rotatable bonds is 5. The fourth-order valence-corrected chi connectivity index (χ4v) is 1.87. The summed E-state index contributed by atoms with van der Waals surface area (Å²) in [5.74, 6) is -0.299. The van der Waals surface area contributed by atoms with E-state index in [9.17, 15) is 9.50 Å². The summed E-state index contributed by atoms with van der Waals surface area (Å²) in [6.45, 7) is 7.61. The van der Waals surface area contributed by atoms with Gasteiger partial charge in [-0.2, -0.15) is 0 Å². The van der Waals surface area contributed by atoms with Crippen molar-refractivity contribution in [3.05, 3.63) is 29.6 Å². The molecule has 1 rings (SSSR count). The Balaban J connectivity index is 3.09. The van der Waals surface area contributed by atoms with Crippen LogP contribution in [-0.2, 0) is 0 Å². The van der Waals surface area contributed by atoms with Crippen molar-refractivity contribution >= 4 is 5.69 Å². The standard InChI is InChI=1S/C13H20FNO/c1-4-8-15(5-2)13-7-6-11(14)9-12(13)10(3)16/h6-7,9-10,16H,4-5,8H2,1-3H3/t10-/m1/s1. The Kier molecular flexibility index (Phi) is 4.74. The molecule has 0 amide bonds. The zero-order valence-corrected chi connectivity index (χ0v) is 10.2. The first-order valence-electron chi connectivity index (χ1n) is 5.82. The molecule has 1 aromatic rings. The second-order valence-electron chi connectivity index (χ2n) is 3.96. The first-order chi connectivity index (χ1) is 7.60. The summed E-state index contributed by atoms with van der Waals surface area (Å²) in [7, 11) is 0. The average Bonchev–Trinajstić information content (AvgIpc) is 2.26. The normalized spacial score (nSPS) is 12.6. The molecule has 1 N–H and O–H groups in total. The highest BCUT2D eigenvalue weighted by Crippen LogP contribution is 2.27. The molecule has 3 heteroatoms. The van der Waals surface area contributed by atoms with Crippen molar-refractivity contribution in [2.24, 2.45) is 0 Å². The number of halogens is 1. The van der Waals surface area contributed by atoms with Gasteiger partial charge >= 0.3 is 0 Å². The van der Waals surface area contributed by atoms with Crippen LogP contribution in [0.5, 0.6) is 0 Å². The maximum Gasteiger partial charge on any atom is 0.123 e. The van der Waals surface area contributed by atoms with Crippen LogP contribution in [0.15, 0.2) is 18.2 Å². The molecule has 0 heterocycles. The summed E-state index contributed by atoms with van der Waals surface area (Å²) in [5.41, 5.74) is 1.59. The molecule has 0 fully saturated rings. The lowest BCUT2D eigenvalue weighted by Crippen LogP contribution is -2.25. The molecule has 0 aliphatic heterocycles. The maximum absolute atomic E-state index is 13.1. The van der Waals surface area contributed by atoms with Gasteiger partial charge in [-0.3, -0.25) is 0 Å². The lowest BCUT2D eigenvalue weighted by atomic mass is 10.1. The molecular weight excluding hydrogens is 205 g/mol. The molecule has 16 heavy (non-hydrogen) atoms. The Hall–Kier alpha value is -1.09. The highest BCUT2D eigenvalue weighted by Gasteiger charge is 2.13. The predicted molar refractivity (Wildman–Crippen MR) is 65.2 cm³/mol. The number of hydrogen-bond donors (Lipinski definition) is 1. The van der Waals surface area contributed by atoms with Crippen molar-refractivity contribution in [1.29, 1.82) is 0 Å². The molecule has 0 unspecified atom stereocenters. The van der Waals surface area contributed by atoms with Crippen LogP contribution >= 0.6 is 0 Å². The number of anilines is 1. The van der Waals surface area contributed by atoms with Crippen molar-refractivity contribution < 1.29 is 9.50 Å². The topological polar surface area (TPSA) is 23.5 Å². The predicted octanol–water partition coefficient (Wildman–Crippen LogP) is 3.12. The van der Waals surface area contributed by atoms with Gasteiger partial charge in [0.15, 0.2) is 0 Å². The van der Waals surface area contributed by atoms with E-state index in [2.05, 4.69) is 18.7 Å². The molecule has 0 aliphatic carbocycles. The molecule has 0 aromatic heterocycles. The van der Waals surface area contributed by atoms with Gasteiger partial charge < -0.3 is 10.0 Å². The Morgan fingerprint density at radius 1 is 1.38 bits per heavy atom. The van der Waals surface area contributed by atoms with Gasteiger partial charge in [0.2, 0.25) is 0 Å². The van der Waals surface area contributed by atoms with E-state index < -0.39 is 6.10 Å². The van der Waals surface area contributed by atoms with E-state index in [0.29, 0.717) is 5.56 Å². The molecule has 0 bridgehead atoms. The summed E-state index contributed by atoms with van der Waals surface area (Å²) in [4.78, 5) is 2.15. The van der Waals surface area contributed by atoms with E-state index in [1.54, 1.807) is 13.0 Å². The highest BCUT2D eigenvalue weighted by molar-refractivity contribution is 5.54. The minimum Gasteiger partial charge on any atom is -0.389 e. The van der Waals surface area contributed by atoms with Crippen LogP contribution in [0, 0.1) is 5.82 Å². The van der Waals surface area contributed by atoms with Crippen LogP contribution in [0.1, 0.15) is 38.9 Å². The first-order valence-corrected chi connectivity index (χ1v) is 5.82. The van der Waals surface area contributed by atoms with Crippen molar-refractivity contribution in [2.45, 2.75) is 33.3 Å². The number of benzene rings is 1.